The Labute approximate surface area is 126 Å². The summed E-state index contributed by atoms with van der Waals surface area (Å²) in [6.07, 6.45) is 1.28. The third-order valence-corrected chi connectivity index (χ3v) is 4.69. The van der Waals surface area contributed by atoms with Crippen molar-refractivity contribution < 1.29 is 12.8 Å². The standard InChI is InChI=1S/C15H12FN3O2S/c16-12-6-4-5-11(9-12)14-10-19(18-15(14)17)22(20,21)13-7-2-1-3-8-13/h1-10H,(H2,17,18). The van der Waals surface area contributed by atoms with Gasteiger partial charge in [-0.3, -0.25) is 0 Å². The minimum atomic E-state index is -3.83. The third-order valence-electron chi connectivity index (χ3n) is 3.14. The van der Waals surface area contributed by atoms with E-state index in [0.29, 0.717) is 11.1 Å². The van der Waals surface area contributed by atoms with Gasteiger partial charge in [0.25, 0.3) is 10.0 Å². The van der Waals surface area contributed by atoms with Gasteiger partial charge in [-0.2, -0.15) is 12.5 Å². The van der Waals surface area contributed by atoms with Crippen LogP contribution in [-0.2, 0) is 10.0 Å². The van der Waals surface area contributed by atoms with E-state index in [1.807, 2.05) is 0 Å². The molecule has 0 aliphatic carbocycles. The molecular formula is C15H12FN3O2S. The van der Waals surface area contributed by atoms with Gasteiger partial charge in [-0.1, -0.05) is 30.3 Å². The summed E-state index contributed by atoms with van der Waals surface area (Å²) in [5.41, 5.74) is 6.60. The summed E-state index contributed by atoms with van der Waals surface area (Å²) < 4.78 is 39.0. The van der Waals surface area contributed by atoms with Crippen LogP contribution in [0.3, 0.4) is 0 Å². The number of benzene rings is 2. The minimum Gasteiger partial charge on any atom is -0.382 e. The Morgan fingerprint density at radius 2 is 1.77 bits per heavy atom. The van der Waals surface area contributed by atoms with Crippen LogP contribution in [0.25, 0.3) is 11.1 Å². The number of nitrogens with two attached hydrogens (primary N) is 1. The fourth-order valence-corrected chi connectivity index (χ4v) is 3.22. The van der Waals surface area contributed by atoms with Gasteiger partial charge in [0.15, 0.2) is 5.82 Å². The summed E-state index contributed by atoms with van der Waals surface area (Å²) in [6.45, 7) is 0. The van der Waals surface area contributed by atoms with E-state index in [2.05, 4.69) is 5.10 Å². The lowest BCUT2D eigenvalue weighted by molar-refractivity contribution is 0.580. The van der Waals surface area contributed by atoms with E-state index in [1.165, 1.54) is 36.5 Å². The zero-order valence-electron chi connectivity index (χ0n) is 11.3. The fourth-order valence-electron chi connectivity index (χ4n) is 2.07. The lowest BCUT2D eigenvalue weighted by atomic mass is 10.1. The molecule has 0 unspecified atom stereocenters. The number of aromatic nitrogens is 2. The van der Waals surface area contributed by atoms with Crippen LogP contribution >= 0.6 is 0 Å². The van der Waals surface area contributed by atoms with Crippen molar-refractivity contribution in [1.29, 1.82) is 0 Å². The Bertz CT molecular complexity index is 921. The van der Waals surface area contributed by atoms with Crippen LogP contribution in [-0.4, -0.2) is 17.6 Å². The molecule has 0 radical (unpaired) electrons. The molecular weight excluding hydrogens is 305 g/mol. The smallest absolute Gasteiger partial charge is 0.283 e. The monoisotopic (exact) mass is 317 g/mol. The van der Waals surface area contributed by atoms with Crippen LogP contribution in [0.4, 0.5) is 10.2 Å². The topological polar surface area (TPSA) is 78.0 Å². The molecule has 0 saturated carbocycles. The van der Waals surface area contributed by atoms with Crippen LogP contribution in [0.2, 0.25) is 0 Å². The first-order valence-electron chi connectivity index (χ1n) is 6.40. The Morgan fingerprint density at radius 3 is 2.45 bits per heavy atom. The number of nitrogen functional groups attached to an aromatic ring is 1. The van der Waals surface area contributed by atoms with E-state index < -0.39 is 15.8 Å². The average molecular weight is 317 g/mol. The second-order valence-corrected chi connectivity index (χ2v) is 6.42. The summed E-state index contributed by atoms with van der Waals surface area (Å²) in [6, 6.07) is 13.6. The molecule has 0 aliphatic rings. The maximum absolute atomic E-state index is 13.3. The van der Waals surface area contributed by atoms with Crippen molar-refractivity contribution in [2.75, 3.05) is 5.73 Å². The minimum absolute atomic E-state index is 0.0186. The predicted molar refractivity (Wildman–Crippen MR) is 81.1 cm³/mol. The molecule has 0 bridgehead atoms. The number of anilines is 1. The fraction of sp³-hybridized carbons (Fsp3) is 0. The molecule has 22 heavy (non-hydrogen) atoms. The maximum atomic E-state index is 13.3. The number of hydrogen-bond donors (Lipinski definition) is 1. The van der Waals surface area contributed by atoms with Crippen LogP contribution < -0.4 is 5.73 Å². The highest BCUT2D eigenvalue weighted by molar-refractivity contribution is 7.89. The second kappa shape index (κ2) is 5.27. The molecule has 2 N–H and O–H groups in total. The average Bonchev–Trinajstić information content (AvgIpc) is 2.91. The number of rotatable bonds is 3. The zero-order valence-corrected chi connectivity index (χ0v) is 12.2. The summed E-state index contributed by atoms with van der Waals surface area (Å²) in [7, 11) is -3.83. The number of hydrogen-bond acceptors (Lipinski definition) is 4. The Morgan fingerprint density at radius 1 is 1.05 bits per heavy atom. The maximum Gasteiger partial charge on any atom is 0.283 e. The van der Waals surface area contributed by atoms with E-state index in [9.17, 15) is 12.8 Å². The zero-order chi connectivity index (χ0) is 15.7. The third kappa shape index (κ3) is 2.46. The van der Waals surface area contributed by atoms with Gasteiger partial charge >= 0.3 is 0 Å². The van der Waals surface area contributed by atoms with Crippen molar-refractivity contribution in [2.24, 2.45) is 0 Å². The highest BCUT2D eigenvalue weighted by Gasteiger charge is 2.20. The second-order valence-electron chi connectivity index (χ2n) is 4.63. The van der Waals surface area contributed by atoms with Gasteiger partial charge in [-0.15, -0.1) is 5.10 Å². The van der Waals surface area contributed by atoms with Crippen molar-refractivity contribution in [2.45, 2.75) is 4.90 Å². The van der Waals surface area contributed by atoms with E-state index in [1.54, 1.807) is 24.3 Å². The highest BCUT2D eigenvalue weighted by Crippen LogP contribution is 2.27. The van der Waals surface area contributed by atoms with Crippen molar-refractivity contribution >= 4 is 15.8 Å². The van der Waals surface area contributed by atoms with Crippen molar-refractivity contribution in [3.8, 4) is 11.1 Å². The van der Waals surface area contributed by atoms with Gasteiger partial charge in [0.2, 0.25) is 0 Å². The largest absolute Gasteiger partial charge is 0.382 e. The molecule has 7 heteroatoms. The molecule has 1 aromatic heterocycles. The van der Waals surface area contributed by atoms with Crippen LogP contribution in [0.15, 0.2) is 65.7 Å². The van der Waals surface area contributed by atoms with Gasteiger partial charge in [-0.05, 0) is 29.8 Å². The van der Waals surface area contributed by atoms with Crippen LogP contribution in [0, 0.1) is 5.82 Å². The van der Waals surface area contributed by atoms with Gasteiger partial charge in [0, 0.05) is 5.56 Å². The molecule has 3 aromatic rings. The van der Waals surface area contributed by atoms with Gasteiger partial charge in [0.1, 0.15) is 5.82 Å². The number of nitrogens with zero attached hydrogens (tertiary/aromatic N) is 2. The van der Waals surface area contributed by atoms with Gasteiger partial charge in [-0.25, -0.2) is 4.39 Å². The Hall–Kier alpha value is -2.67. The van der Waals surface area contributed by atoms with Crippen LogP contribution in [0.1, 0.15) is 0 Å². The molecule has 2 aromatic carbocycles. The summed E-state index contributed by atoms with van der Waals surface area (Å²) in [5, 5.41) is 3.85. The lowest BCUT2D eigenvalue weighted by Crippen LogP contribution is -2.13. The van der Waals surface area contributed by atoms with E-state index in [0.717, 1.165) is 4.09 Å². The molecule has 112 valence electrons. The summed E-state index contributed by atoms with van der Waals surface area (Å²) in [5.74, 6) is -0.416. The molecule has 3 rings (SSSR count). The molecule has 0 aliphatic heterocycles. The van der Waals surface area contributed by atoms with Crippen LogP contribution in [0.5, 0.6) is 0 Å². The van der Waals surface area contributed by atoms with E-state index >= 15 is 0 Å². The first kappa shape index (κ1) is 14.3. The Kier molecular flexibility index (Phi) is 3.42. The van der Waals surface area contributed by atoms with Crippen molar-refractivity contribution in [1.82, 2.24) is 9.19 Å². The van der Waals surface area contributed by atoms with Crippen molar-refractivity contribution in [3.63, 3.8) is 0 Å². The predicted octanol–water partition coefficient (Wildman–Crippen LogP) is 2.51. The summed E-state index contributed by atoms with van der Waals surface area (Å²) >= 11 is 0. The number of halogens is 1. The van der Waals surface area contributed by atoms with E-state index in [-0.39, 0.29) is 10.7 Å². The normalized spacial score (nSPS) is 11.5. The first-order chi connectivity index (χ1) is 10.5. The lowest BCUT2D eigenvalue weighted by Gasteiger charge is -2.03. The van der Waals surface area contributed by atoms with Gasteiger partial charge in [0.05, 0.1) is 11.1 Å². The van der Waals surface area contributed by atoms with E-state index in [4.69, 9.17) is 5.73 Å². The molecule has 0 fully saturated rings. The van der Waals surface area contributed by atoms with Gasteiger partial charge < -0.3 is 5.73 Å². The highest BCUT2D eigenvalue weighted by atomic mass is 32.2. The molecule has 0 spiro atoms. The SMILES string of the molecule is Nc1nn(S(=O)(=O)c2ccccc2)cc1-c1cccc(F)c1. The quantitative estimate of drug-likeness (QED) is 0.805. The van der Waals surface area contributed by atoms with Crippen molar-refractivity contribution in [3.05, 3.63) is 66.6 Å². The summed E-state index contributed by atoms with van der Waals surface area (Å²) in [4.78, 5) is 0.100. The first-order valence-corrected chi connectivity index (χ1v) is 7.84. The molecule has 0 saturated heterocycles. The molecule has 1 heterocycles. The molecule has 0 amide bonds. The molecule has 0 atom stereocenters. The Balaban J connectivity index is 2.10. The molecule has 5 nitrogen and oxygen atoms in total.